The number of benzene rings is 2. The molecule has 1 nitrogen and oxygen atoms in total. The Morgan fingerprint density at radius 1 is 1.06 bits per heavy atom. The van der Waals surface area contributed by atoms with Gasteiger partial charge in [0.15, 0.2) is 0 Å². The lowest BCUT2D eigenvalue weighted by Crippen LogP contribution is -2.00. The molecule has 0 saturated carbocycles. The predicted octanol–water partition coefficient (Wildman–Crippen LogP) is 4.58. The number of aliphatic hydroxyl groups is 1. The first kappa shape index (κ1) is 13.7. The van der Waals surface area contributed by atoms with Crippen molar-refractivity contribution in [3.05, 3.63) is 64.1 Å². The topological polar surface area (TPSA) is 20.2 Å². The summed E-state index contributed by atoms with van der Waals surface area (Å²) in [5.74, 6) is 0.671. The number of hydrogen-bond acceptors (Lipinski definition) is 2. The third-order valence-electron chi connectivity index (χ3n) is 2.68. The Morgan fingerprint density at radius 2 is 1.67 bits per heavy atom. The van der Waals surface area contributed by atoms with E-state index in [4.69, 9.17) is 0 Å². The Hall–Kier alpha value is -0.770. The minimum atomic E-state index is -0.417. The highest BCUT2D eigenvalue weighted by atomic mass is 79.9. The molecule has 0 aliphatic rings. The Morgan fingerprint density at radius 3 is 2.28 bits per heavy atom. The van der Waals surface area contributed by atoms with Gasteiger partial charge in [-0.1, -0.05) is 45.8 Å². The van der Waals surface area contributed by atoms with Crippen LogP contribution in [-0.4, -0.2) is 10.9 Å². The molecule has 0 fully saturated rings. The first-order chi connectivity index (χ1) is 8.65. The van der Waals surface area contributed by atoms with Crippen LogP contribution in [-0.2, 0) is 0 Å². The molecule has 0 amide bonds. The number of aliphatic hydroxyl groups excluding tert-OH is 1. The lowest BCUT2D eigenvalue weighted by atomic mass is 10.1. The second-order valence-corrected chi connectivity index (χ2v) is 6.20. The van der Waals surface area contributed by atoms with Gasteiger partial charge in [-0.2, -0.15) is 0 Å². The van der Waals surface area contributed by atoms with E-state index in [1.807, 2.05) is 43.3 Å². The van der Waals surface area contributed by atoms with Crippen LogP contribution in [0.15, 0.2) is 57.9 Å². The fourth-order valence-corrected chi connectivity index (χ4v) is 2.73. The molecule has 3 heteroatoms. The molecule has 1 unspecified atom stereocenters. The van der Waals surface area contributed by atoms with E-state index < -0.39 is 6.10 Å². The van der Waals surface area contributed by atoms with E-state index in [2.05, 4.69) is 28.1 Å². The lowest BCUT2D eigenvalue weighted by Gasteiger charge is -2.11. The molecular formula is C15H15BrOS. The maximum absolute atomic E-state index is 10.1. The summed E-state index contributed by atoms with van der Waals surface area (Å²) in [5, 5.41) is 10.1. The Labute approximate surface area is 120 Å². The predicted molar refractivity (Wildman–Crippen MR) is 81.0 cm³/mol. The zero-order chi connectivity index (χ0) is 13.0. The second-order valence-electron chi connectivity index (χ2n) is 4.19. The van der Waals surface area contributed by atoms with Crippen LogP contribution in [0, 0.1) is 6.92 Å². The quantitative estimate of drug-likeness (QED) is 0.831. The highest BCUT2D eigenvalue weighted by Gasteiger charge is 2.07. The fourth-order valence-electron chi connectivity index (χ4n) is 1.59. The third kappa shape index (κ3) is 3.87. The minimum Gasteiger partial charge on any atom is -0.388 e. The van der Waals surface area contributed by atoms with E-state index >= 15 is 0 Å². The molecule has 18 heavy (non-hydrogen) atoms. The van der Waals surface area contributed by atoms with E-state index in [0.29, 0.717) is 5.75 Å². The van der Waals surface area contributed by atoms with Crippen molar-refractivity contribution in [1.82, 2.24) is 0 Å². The summed E-state index contributed by atoms with van der Waals surface area (Å²) < 4.78 is 1.07. The molecular weight excluding hydrogens is 308 g/mol. The highest BCUT2D eigenvalue weighted by Crippen LogP contribution is 2.26. The summed E-state index contributed by atoms with van der Waals surface area (Å²) in [4.78, 5) is 1.17. The van der Waals surface area contributed by atoms with E-state index in [9.17, 15) is 5.11 Å². The largest absolute Gasteiger partial charge is 0.388 e. The average molecular weight is 323 g/mol. The van der Waals surface area contributed by atoms with Gasteiger partial charge in [-0.25, -0.2) is 0 Å². The van der Waals surface area contributed by atoms with Crippen molar-refractivity contribution in [1.29, 1.82) is 0 Å². The normalized spacial score (nSPS) is 12.4. The van der Waals surface area contributed by atoms with E-state index in [1.54, 1.807) is 11.8 Å². The maximum Gasteiger partial charge on any atom is 0.0883 e. The zero-order valence-electron chi connectivity index (χ0n) is 10.1. The molecule has 0 bridgehead atoms. The summed E-state index contributed by atoms with van der Waals surface area (Å²) in [6.45, 7) is 2.05. The smallest absolute Gasteiger partial charge is 0.0883 e. The first-order valence-electron chi connectivity index (χ1n) is 5.78. The van der Waals surface area contributed by atoms with Crippen LogP contribution in [0.3, 0.4) is 0 Å². The van der Waals surface area contributed by atoms with Crippen molar-refractivity contribution in [2.45, 2.75) is 17.9 Å². The molecule has 0 aliphatic carbocycles. The van der Waals surface area contributed by atoms with Gasteiger partial charge in [0, 0.05) is 15.1 Å². The summed E-state index contributed by atoms with van der Waals surface area (Å²) in [6.07, 6.45) is -0.417. The van der Waals surface area contributed by atoms with Gasteiger partial charge in [0.1, 0.15) is 0 Å². The van der Waals surface area contributed by atoms with Crippen LogP contribution in [0.5, 0.6) is 0 Å². The molecule has 0 aliphatic heterocycles. The van der Waals surface area contributed by atoms with Crippen LogP contribution >= 0.6 is 27.7 Å². The summed E-state index contributed by atoms with van der Waals surface area (Å²) in [6, 6.07) is 16.2. The molecule has 0 saturated heterocycles. The standard InChI is InChI=1S/C15H15BrOS/c1-11-2-4-12(5-3-11)15(17)10-18-14-8-6-13(16)7-9-14/h2-9,15,17H,10H2,1H3. The molecule has 0 heterocycles. The van der Waals surface area contributed by atoms with Crippen molar-refractivity contribution < 1.29 is 5.11 Å². The van der Waals surface area contributed by atoms with Crippen LogP contribution in [0.1, 0.15) is 17.2 Å². The van der Waals surface area contributed by atoms with Gasteiger partial charge in [0.2, 0.25) is 0 Å². The second kappa shape index (κ2) is 6.41. The van der Waals surface area contributed by atoms with Gasteiger partial charge in [0.25, 0.3) is 0 Å². The van der Waals surface area contributed by atoms with Crippen molar-refractivity contribution >= 4 is 27.7 Å². The molecule has 1 atom stereocenters. The molecule has 2 aromatic rings. The first-order valence-corrected chi connectivity index (χ1v) is 7.56. The number of rotatable bonds is 4. The lowest BCUT2D eigenvalue weighted by molar-refractivity contribution is 0.204. The van der Waals surface area contributed by atoms with Gasteiger partial charge in [0.05, 0.1) is 6.10 Å². The van der Waals surface area contributed by atoms with Crippen LogP contribution < -0.4 is 0 Å². The average Bonchev–Trinajstić information content (AvgIpc) is 2.38. The Bertz CT molecular complexity index is 493. The van der Waals surface area contributed by atoms with Crippen molar-refractivity contribution in [2.24, 2.45) is 0 Å². The van der Waals surface area contributed by atoms with Crippen LogP contribution in [0.25, 0.3) is 0 Å². The molecule has 2 aromatic carbocycles. The zero-order valence-corrected chi connectivity index (χ0v) is 12.5. The SMILES string of the molecule is Cc1ccc(C(O)CSc2ccc(Br)cc2)cc1. The molecule has 1 N–H and O–H groups in total. The number of hydrogen-bond donors (Lipinski definition) is 1. The molecule has 94 valence electrons. The Balaban J connectivity index is 1.93. The van der Waals surface area contributed by atoms with Gasteiger partial charge < -0.3 is 5.11 Å². The van der Waals surface area contributed by atoms with Gasteiger partial charge in [-0.05, 0) is 36.8 Å². The maximum atomic E-state index is 10.1. The molecule has 0 radical (unpaired) electrons. The minimum absolute atomic E-state index is 0.417. The fraction of sp³-hybridized carbons (Fsp3) is 0.200. The van der Waals surface area contributed by atoms with Crippen molar-refractivity contribution in [3.63, 3.8) is 0 Å². The number of aryl methyl sites for hydroxylation is 1. The van der Waals surface area contributed by atoms with Gasteiger partial charge >= 0.3 is 0 Å². The summed E-state index contributed by atoms with van der Waals surface area (Å²) >= 11 is 5.08. The summed E-state index contributed by atoms with van der Waals surface area (Å²) in [5.41, 5.74) is 2.19. The molecule has 0 aromatic heterocycles. The van der Waals surface area contributed by atoms with E-state index in [-0.39, 0.29) is 0 Å². The monoisotopic (exact) mass is 322 g/mol. The van der Waals surface area contributed by atoms with Gasteiger partial charge in [-0.3, -0.25) is 0 Å². The number of thioether (sulfide) groups is 1. The van der Waals surface area contributed by atoms with Gasteiger partial charge in [-0.15, -0.1) is 11.8 Å². The van der Waals surface area contributed by atoms with Crippen LogP contribution in [0.4, 0.5) is 0 Å². The van der Waals surface area contributed by atoms with E-state index in [1.165, 1.54) is 10.5 Å². The third-order valence-corrected chi connectivity index (χ3v) is 4.30. The number of halogens is 1. The molecule has 0 spiro atoms. The Kier molecular flexibility index (Phi) is 4.87. The van der Waals surface area contributed by atoms with E-state index in [0.717, 1.165) is 10.0 Å². The summed E-state index contributed by atoms with van der Waals surface area (Å²) in [7, 11) is 0. The van der Waals surface area contributed by atoms with Crippen molar-refractivity contribution in [2.75, 3.05) is 5.75 Å². The van der Waals surface area contributed by atoms with Crippen LogP contribution in [0.2, 0.25) is 0 Å². The highest BCUT2D eigenvalue weighted by molar-refractivity contribution is 9.10. The van der Waals surface area contributed by atoms with Crippen molar-refractivity contribution in [3.8, 4) is 0 Å². The molecule has 2 rings (SSSR count).